The summed E-state index contributed by atoms with van der Waals surface area (Å²) in [5, 5.41) is 5.81. The Morgan fingerprint density at radius 2 is 0.833 bits per heavy atom. The Bertz CT molecular complexity index is 353. The van der Waals surface area contributed by atoms with Crippen LogP contribution in [0.3, 0.4) is 0 Å². The number of rotatable bonds is 17. The van der Waals surface area contributed by atoms with Crippen molar-refractivity contribution in [1.29, 1.82) is 0 Å². The van der Waals surface area contributed by atoms with E-state index in [2.05, 4.69) is 24.2 Å². The first kappa shape index (κ1) is 24.4. The zero-order chi connectivity index (χ0) is 18.3. The fourth-order valence-corrected chi connectivity index (χ4v) is 6.28. The van der Waals surface area contributed by atoms with Gasteiger partial charge in [0, 0.05) is 25.7 Å². The van der Waals surface area contributed by atoms with Gasteiger partial charge in [0.15, 0.2) is 14.6 Å². The van der Waals surface area contributed by atoms with Crippen LogP contribution in [0.15, 0.2) is 0 Å². The van der Waals surface area contributed by atoms with E-state index in [0.717, 1.165) is 25.7 Å². The van der Waals surface area contributed by atoms with Crippen molar-refractivity contribution in [2.75, 3.05) is 25.7 Å². The molecule has 0 saturated heterocycles. The van der Waals surface area contributed by atoms with Crippen molar-refractivity contribution >= 4 is 14.6 Å². The quantitative estimate of drug-likeness (QED) is 0.169. The molecule has 0 aromatic rings. The van der Waals surface area contributed by atoms with Crippen LogP contribution in [0.1, 0.15) is 90.9 Å². The van der Waals surface area contributed by atoms with Gasteiger partial charge in [-0.3, -0.25) is 0 Å². The molecule has 0 aliphatic carbocycles. The van der Waals surface area contributed by atoms with E-state index < -0.39 is 14.6 Å². The number of hydrogen-bond donors (Lipinski definition) is 2. The van der Waals surface area contributed by atoms with Crippen molar-refractivity contribution < 1.29 is 9.13 Å². The number of hydrogen-bond acceptors (Lipinski definition) is 2. The van der Waals surface area contributed by atoms with E-state index in [1.54, 1.807) is 13.3 Å². The monoisotopic (exact) mass is 380 g/mol. The fraction of sp³-hybridized carbons (Fsp3) is 1.00. The minimum Gasteiger partial charge on any atom is -0.306 e. The first-order valence-electron chi connectivity index (χ1n) is 10.0. The van der Waals surface area contributed by atoms with E-state index in [0.29, 0.717) is 12.3 Å². The van der Waals surface area contributed by atoms with Gasteiger partial charge >= 0.3 is 0 Å². The van der Waals surface area contributed by atoms with Crippen molar-refractivity contribution in [3.63, 3.8) is 0 Å². The molecule has 2 unspecified atom stereocenters. The predicted octanol–water partition coefficient (Wildman–Crippen LogP) is 6.62. The topological polar surface area (TPSA) is 58.2 Å². The van der Waals surface area contributed by atoms with Gasteiger partial charge in [-0.05, 0) is 12.8 Å². The van der Waals surface area contributed by atoms with E-state index in [1.165, 1.54) is 51.4 Å². The number of hydrazine groups is 1. The van der Waals surface area contributed by atoms with Crippen LogP contribution in [0.25, 0.3) is 0 Å². The molecular weight excluding hydrogens is 338 g/mol. The van der Waals surface area contributed by atoms with Gasteiger partial charge in [-0.15, -0.1) is 0 Å². The van der Waals surface area contributed by atoms with E-state index in [4.69, 9.17) is 0 Å². The molecule has 0 radical (unpaired) electrons. The van der Waals surface area contributed by atoms with E-state index in [9.17, 15) is 9.13 Å². The smallest absolute Gasteiger partial charge is 0.157 e. The maximum atomic E-state index is 12.5. The van der Waals surface area contributed by atoms with Crippen LogP contribution in [-0.2, 0) is 9.13 Å². The minimum absolute atomic E-state index is 0.684. The maximum absolute atomic E-state index is 12.5. The molecular formula is C18H42N2O2P2. The Hall–Kier alpha value is 0.380. The third kappa shape index (κ3) is 15.9. The third-order valence-electron chi connectivity index (χ3n) is 4.40. The van der Waals surface area contributed by atoms with Gasteiger partial charge in [0.2, 0.25) is 0 Å². The SMILES string of the molecule is CCCCCCCCP(C)(=O)NNP(C)(=O)CCCCCCCC. The standard InChI is InChI=1S/C18H42N2O2P2/c1-5-7-9-11-13-15-17-23(3,21)19-20-24(4,22)18-16-14-12-10-8-6-2/h5-18H2,1-4H3,(H,19,21)(H,20,22). The summed E-state index contributed by atoms with van der Waals surface area (Å²) in [6.45, 7) is 7.95. The van der Waals surface area contributed by atoms with Crippen LogP contribution >= 0.6 is 14.6 Å². The Labute approximate surface area is 151 Å². The molecule has 24 heavy (non-hydrogen) atoms. The highest BCUT2D eigenvalue weighted by Gasteiger charge is 2.20. The van der Waals surface area contributed by atoms with Crippen molar-refractivity contribution in [3.8, 4) is 0 Å². The summed E-state index contributed by atoms with van der Waals surface area (Å²) in [4.78, 5) is 0. The van der Waals surface area contributed by atoms with Gasteiger partial charge in [0.25, 0.3) is 0 Å². The lowest BCUT2D eigenvalue weighted by molar-refractivity contribution is 0.544. The summed E-state index contributed by atoms with van der Waals surface area (Å²) in [6, 6.07) is 0. The molecule has 0 amide bonds. The maximum Gasteiger partial charge on any atom is 0.157 e. The zero-order valence-electron chi connectivity index (χ0n) is 16.6. The fourth-order valence-electron chi connectivity index (χ4n) is 2.71. The predicted molar refractivity (Wildman–Crippen MR) is 110 cm³/mol. The van der Waals surface area contributed by atoms with Crippen LogP contribution in [0, 0.1) is 0 Å². The van der Waals surface area contributed by atoms with Crippen LogP contribution < -0.4 is 10.4 Å². The highest BCUT2D eigenvalue weighted by molar-refractivity contribution is 7.64. The molecule has 2 atom stereocenters. The summed E-state index contributed by atoms with van der Waals surface area (Å²) in [5.41, 5.74) is 0. The summed E-state index contributed by atoms with van der Waals surface area (Å²) >= 11 is 0. The third-order valence-corrected chi connectivity index (χ3v) is 8.08. The molecule has 0 rings (SSSR count). The first-order chi connectivity index (χ1) is 11.3. The summed E-state index contributed by atoms with van der Waals surface area (Å²) < 4.78 is 25.0. The Morgan fingerprint density at radius 1 is 0.542 bits per heavy atom. The molecule has 0 saturated carbocycles. The van der Waals surface area contributed by atoms with Gasteiger partial charge in [0.1, 0.15) is 0 Å². The largest absolute Gasteiger partial charge is 0.306 e. The molecule has 0 aromatic heterocycles. The average Bonchev–Trinajstić information content (AvgIpc) is 2.52. The second-order valence-corrected chi connectivity index (χ2v) is 13.2. The lowest BCUT2D eigenvalue weighted by Crippen LogP contribution is -2.27. The van der Waals surface area contributed by atoms with Gasteiger partial charge in [-0.1, -0.05) is 78.1 Å². The molecule has 0 spiro atoms. The molecule has 0 aromatic carbocycles. The van der Waals surface area contributed by atoms with E-state index >= 15 is 0 Å². The first-order valence-corrected chi connectivity index (χ1v) is 14.7. The van der Waals surface area contributed by atoms with Crippen molar-refractivity contribution in [2.24, 2.45) is 0 Å². The van der Waals surface area contributed by atoms with Crippen LogP contribution in [0.5, 0.6) is 0 Å². The molecule has 146 valence electrons. The highest BCUT2D eigenvalue weighted by atomic mass is 31.2. The normalized spacial score (nSPS) is 16.7. The summed E-state index contributed by atoms with van der Waals surface area (Å²) in [5.74, 6) is 0. The van der Waals surface area contributed by atoms with Crippen molar-refractivity contribution in [2.45, 2.75) is 90.9 Å². The van der Waals surface area contributed by atoms with E-state index in [1.807, 2.05) is 0 Å². The van der Waals surface area contributed by atoms with Gasteiger partial charge in [-0.2, -0.15) is 10.4 Å². The van der Waals surface area contributed by atoms with Gasteiger partial charge in [-0.25, -0.2) is 0 Å². The number of nitrogens with one attached hydrogen (secondary N) is 2. The molecule has 0 aliphatic rings. The van der Waals surface area contributed by atoms with E-state index in [-0.39, 0.29) is 0 Å². The zero-order valence-corrected chi connectivity index (χ0v) is 18.4. The molecule has 4 nitrogen and oxygen atoms in total. The van der Waals surface area contributed by atoms with Gasteiger partial charge < -0.3 is 9.13 Å². The second-order valence-electron chi connectivity index (χ2n) is 7.41. The lowest BCUT2D eigenvalue weighted by atomic mass is 10.1. The van der Waals surface area contributed by atoms with Crippen molar-refractivity contribution in [3.05, 3.63) is 0 Å². The number of unbranched alkanes of at least 4 members (excludes halogenated alkanes) is 10. The van der Waals surface area contributed by atoms with Crippen LogP contribution in [0.4, 0.5) is 0 Å². The van der Waals surface area contributed by atoms with Gasteiger partial charge in [0.05, 0.1) is 0 Å². The summed E-state index contributed by atoms with van der Waals surface area (Å²) in [6.07, 6.45) is 15.7. The summed E-state index contributed by atoms with van der Waals surface area (Å²) in [7, 11) is -4.86. The molecule has 0 heterocycles. The Kier molecular flexibility index (Phi) is 14.8. The highest BCUT2D eigenvalue weighted by Crippen LogP contribution is 2.42. The van der Waals surface area contributed by atoms with Crippen LogP contribution in [-0.4, -0.2) is 25.7 Å². The second kappa shape index (κ2) is 14.5. The Balaban J connectivity index is 3.81. The minimum atomic E-state index is -2.43. The molecule has 0 aliphatic heterocycles. The molecule has 6 heteroatoms. The molecule has 2 N–H and O–H groups in total. The average molecular weight is 380 g/mol. The van der Waals surface area contributed by atoms with Crippen molar-refractivity contribution in [1.82, 2.24) is 10.4 Å². The lowest BCUT2D eigenvalue weighted by Gasteiger charge is -2.20. The molecule has 0 fully saturated rings. The van der Waals surface area contributed by atoms with Crippen LogP contribution in [0.2, 0.25) is 0 Å². The Morgan fingerprint density at radius 3 is 1.17 bits per heavy atom. The molecule has 0 bridgehead atoms.